The molecule has 0 amide bonds. The number of nitrogens with one attached hydrogen (secondary N) is 1. The van der Waals surface area contributed by atoms with Crippen LogP contribution in [0.4, 0.5) is 0 Å². The third-order valence-electron chi connectivity index (χ3n) is 3.26. The number of hydrogen-bond acceptors (Lipinski definition) is 3. The summed E-state index contributed by atoms with van der Waals surface area (Å²) in [6.07, 6.45) is 0.679. The van der Waals surface area contributed by atoms with Gasteiger partial charge in [0.2, 0.25) is 10.0 Å². The van der Waals surface area contributed by atoms with Crippen LogP contribution in [0.5, 0.6) is 0 Å². The van der Waals surface area contributed by atoms with Gasteiger partial charge >= 0.3 is 0 Å². The lowest BCUT2D eigenvalue weighted by Gasteiger charge is -2.10. The molecule has 112 valence electrons. The average Bonchev–Trinajstić information content (AvgIpc) is 2.48. The van der Waals surface area contributed by atoms with E-state index in [1.807, 2.05) is 48.5 Å². The van der Waals surface area contributed by atoms with Crippen molar-refractivity contribution in [1.82, 2.24) is 4.72 Å². The summed E-state index contributed by atoms with van der Waals surface area (Å²) in [5.41, 5.74) is 8.37. The summed E-state index contributed by atoms with van der Waals surface area (Å²) in [6, 6.07) is 17.2. The summed E-state index contributed by atoms with van der Waals surface area (Å²) in [4.78, 5) is 0. The third kappa shape index (κ3) is 4.97. The monoisotopic (exact) mass is 304 g/mol. The molecule has 21 heavy (non-hydrogen) atoms. The SMILES string of the molecule is NCc1ccccc1CS(=O)(=O)NCCc1ccccc1. The van der Waals surface area contributed by atoms with Gasteiger partial charge in [0.05, 0.1) is 5.75 Å². The van der Waals surface area contributed by atoms with Crippen molar-refractivity contribution in [1.29, 1.82) is 0 Å². The van der Waals surface area contributed by atoms with Gasteiger partial charge in [-0.3, -0.25) is 0 Å². The van der Waals surface area contributed by atoms with Gasteiger partial charge in [0.25, 0.3) is 0 Å². The molecular weight excluding hydrogens is 284 g/mol. The molecule has 0 aliphatic heterocycles. The van der Waals surface area contributed by atoms with Crippen LogP contribution in [0.1, 0.15) is 16.7 Å². The molecule has 0 bridgehead atoms. The van der Waals surface area contributed by atoms with Crippen LogP contribution in [0, 0.1) is 0 Å². The predicted molar refractivity (Wildman–Crippen MR) is 85.1 cm³/mol. The molecule has 0 atom stereocenters. The van der Waals surface area contributed by atoms with Gasteiger partial charge in [0, 0.05) is 13.1 Å². The Labute approximate surface area is 126 Å². The van der Waals surface area contributed by atoms with Crippen LogP contribution in [0.15, 0.2) is 54.6 Å². The highest BCUT2D eigenvalue weighted by molar-refractivity contribution is 7.88. The lowest BCUT2D eigenvalue weighted by atomic mass is 10.1. The van der Waals surface area contributed by atoms with Crippen molar-refractivity contribution in [2.24, 2.45) is 5.73 Å². The molecule has 0 saturated carbocycles. The quantitative estimate of drug-likeness (QED) is 0.819. The largest absolute Gasteiger partial charge is 0.326 e. The zero-order chi connectivity index (χ0) is 15.1. The zero-order valence-corrected chi connectivity index (χ0v) is 12.6. The first-order chi connectivity index (χ1) is 10.1. The van der Waals surface area contributed by atoms with E-state index in [4.69, 9.17) is 5.73 Å². The minimum absolute atomic E-state index is 0.0326. The number of benzene rings is 2. The first kappa shape index (κ1) is 15.7. The molecule has 0 saturated heterocycles. The molecule has 0 heterocycles. The molecule has 0 aromatic heterocycles. The first-order valence-corrected chi connectivity index (χ1v) is 8.54. The summed E-state index contributed by atoms with van der Waals surface area (Å²) >= 11 is 0. The molecule has 3 N–H and O–H groups in total. The summed E-state index contributed by atoms with van der Waals surface area (Å²) < 4.78 is 26.9. The number of rotatable bonds is 7. The van der Waals surface area contributed by atoms with E-state index in [-0.39, 0.29) is 5.75 Å². The van der Waals surface area contributed by atoms with Crippen molar-refractivity contribution in [3.05, 3.63) is 71.3 Å². The molecule has 0 spiro atoms. The molecule has 0 aliphatic carbocycles. The number of hydrogen-bond donors (Lipinski definition) is 2. The van der Waals surface area contributed by atoms with E-state index in [9.17, 15) is 8.42 Å². The van der Waals surface area contributed by atoms with E-state index in [2.05, 4.69) is 4.72 Å². The van der Waals surface area contributed by atoms with E-state index in [0.717, 1.165) is 16.7 Å². The van der Waals surface area contributed by atoms with Crippen molar-refractivity contribution in [3.8, 4) is 0 Å². The summed E-state index contributed by atoms with van der Waals surface area (Å²) in [7, 11) is -3.34. The Hall–Kier alpha value is -1.69. The Morgan fingerprint density at radius 2 is 1.52 bits per heavy atom. The van der Waals surface area contributed by atoms with E-state index >= 15 is 0 Å². The number of sulfonamides is 1. The predicted octanol–water partition coefficient (Wildman–Crippen LogP) is 1.81. The van der Waals surface area contributed by atoms with Gasteiger partial charge in [-0.2, -0.15) is 0 Å². The van der Waals surface area contributed by atoms with Crippen LogP contribution in [-0.4, -0.2) is 15.0 Å². The summed E-state index contributed by atoms with van der Waals surface area (Å²) in [5.74, 6) is -0.0326. The maximum Gasteiger partial charge on any atom is 0.215 e. The van der Waals surface area contributed by atoms with Crippen molar-refractivity contribution in [2.45, 2.75) is 18.7 Å². The van der Waals surface area contributed by atoms with Gasteiger partial charge in [-0.1, -0.05) is 54.6 Å². The Bertz CT molecular complexity index is 670. The number of nitrogens with two attached hydrogens (primary N) is 1. The fraction of sp³-hybridized carbons (Fsp3) is 0.250. The molecule has 2 aromatic carbocycles. The highest BCUT2D eigenvalue weighted by Crippen LogP contribution is 2.11. The van der Waals surface area contributed by atoms with Crippen LogP contribution in [-0.2, 0) is 28.7 Å². The van der Waals surface area contributed by atoms with Gasteiger partial charge < -0.3 is 5.73 Å². The van der Waals surface area contributed by atoms with E-state index < -0.39 is 10.0 Å². The maximum atomic E-state index is 12.1. The van der Waals surface area contributed by atoms with Gasteiger partial charge in [-0.25, -0.2) is 13.1 Å². The molecule has 2 aromatic rings. The van der Waals surface area contributed by atoms with Crippen LogP contribution in [0.25, 0.3) is 0 Å². The van der Waals surface area contributed by atoms with E-state index in [1.54, 1.807) is 6.07 Å². The van der Waals surface area contributed by atoms with Gasteiger partial charge in [-0.05, 0) is 23.1 Å². The standard InChI is InChI=1S/C16H20N2O2S/c17-12-15-8-4-5-9-16(15)13-21(19,20)18-11-10-14-6-2-1-3-7-14/h1-9,18H,10-13,17H2. The van der Waals surface area contributed by atoms with Crippen LogP contribution < -0.4 is 10.5 Å². The van der Waals surface area contributed by atoms with Crippen molar-refractivity contribution in [2.75, 3.05) is 6.54 Å². The maximum absolute atomic E-state index is 12.1. The van der Waals surface area contributed by atoms with Gasteiger partial charge in [-0.15, -0.1) is 0 Å². The Kier molecular flexibility index (Phi) is 5.50. The average molecular weight is 304 g/mol. The smallest absolute Gasteiger partial charge is 0.215 e. The van der Waals surface area contributed by atoms with Gasteiger partial charge in [0.15, 0.2) is 0 Å². The molecule has 4 nitrogen and oxygen atoms in total. The van der Waals surface area contributed by atoms with E-state index in [1.165, 1.54) is 0 Å². The van der Waals surface area contributed by atoms with E-state index in [0.29, 0.717) is 19.5 Å². The molecule has 0 unspecified atom stereocenters. The van der Waals surface area contributed by atoms with Crippen molar-refractivity contribution in [3.63, 3.8) is 0 Å². The topological polar surface area (TPSA) is 72.2 Å². The van der Waals surface area contributed by atoms with Gasteiger partial charge in [0.1, 0.15) is 0 Å². The normalized spacial score (nSPS) is 11.5. The highest BCUT2D eigenvalue weighted by Gasteiger charge is 2.13. The molecule has 5 heteroatoms. The van der Waals surface area contributed by atoms with Crippen LogP contribution in [0.2, 0.25) is 0 Å². The second-order valence-electron chi connectivity index (χ2n) is 4.86. The third-order valence-corrected chi connectivity index (χ3v) is 4.60. The second-order valence-corrected chi connectivity index (χ2v) is 6.67. The molecular formula is C16H20N2O2S. The van der Waals surface area contributed by atoms with Crippen LogP contribution >= 0.6 is 0 Å². The fourth-order valence-corrected chi connectivity index (χ4v) is 3.35. The summed E-state index contributed by atoms with van der Waals surface area (Å²) in [5, 5.41) is 0. The molecule has 0 radical (unpaired) electrons. The fourth-order valence-electron chi connectivity index (χ4n) is 2.15. The van der Waals surface area contributed by atoms with Crippen molar-refractivity contribution >= 4 is 10.0 Å². The highest BCUT2D eigenvalue weighted by atomic mass is 32.2. The minimum atomic E-state index is -3.34. The summed E-state index contributed by atoms with van der Waals surface area (Å²) in [6.45, 7) is 0.743. The Morgan fingerprint density at radius 1 is 0.905 bits per heavy atom. The lowest BCUT2D eigenvalue weighted by molar-refractivity contribution is 0.580. The van der Waals surface area contributed by atoms with Crippen molar-refractivity contribution < 1.29 is 8.42 Å². The first-order valence-electron chi connectivity index (χ1n) is 6.89. The Balaban J connectivity index is 1.93. The zero-order valence-electron chi connectivity index (χ0n) is 11.8. The Morgan fingerprint density at radius 3 is 2.19 bits per heavy atom. The molecule has 2 rings (SSSR count). The molecule has 0 fully saturated rings. The lowest BCUT2D eigenvalue weighted by Crippen LogP contribution is -2.27. The second kappa shape index (κ2) is 7.36. The minimum Gasteiger partial charge on any atom is -0.326 e. The molecule has 0 aliphatic rings. The van der Waals surface area contributed by atoms with Crippen LogP contribution in [0.3, 0.4) is 0 Å².